The highest BCUT2D eigenvalue weighted by molar-refractivity contribution is 7.92. The highest BCUT2D eigenvalue weighted by Gasteiger charge is 2.24. The molecule has 0 fully saturated rings. The van der Waals surface area contributed by atoms with Crippen LogP contribution in [-0.4, -0.2) is 26.2 Å². The van der Waals surface area contributed by atoms with E-state index in [0.29, 0.717) is 12.2 Å². The van der Waals surface area contributed by atoms with Gasteiger partial charge in [0, 0.05) is 18.6 Å². The lowest BCUT2D eigenvalue weighted by atomic mass is 10.4. The number of hydrogen-bond donors (Lipinski definition) is 0. The number of rotatable bonds is 1. The van der Waals surface area contributed by atoms with Gasteiger partial charge in [0.25, 0.3) is 0 Å². The number of hydrogen-bond acceptors (Lipinski definition) is 3. The molecule has 5 nitrogen and oxygen atoms in total. The monoisotopic (exact) mass is 197 g/mol. The van der Waals surface area contributed by atoms with Crippen molar-refractivity contribution in [3.63, 3.8) is 0 Å². The molecule has 0 bridgehead atoms. The Bertz CT molecular complexity index is 426. The molecular formula is C7H7N3O2S. The van der Waals surface area contributed by atoms with Crippen LogP contribution < -0.4 is 4.31 Å². The van der Waals surface area contributed by atoms with Gasteiger partial charge in [-0.3, -0.25) is 4.98 Å². The van der Waals surface area contributed by atoms with Crippen molar-refractivity contribution in [3.05, 3.63) is 24.5 Å². The smallest absolute Gasteiger partial charge is 0.265 e. The maximum absolute atomic E-state index is 11.3. The topological polar surface area (TPSA) is 62.6 Å². The first-order valence-electron chi connectivity index (χ1n) is 3.67. The quantitative estimate of drug-likeness (QED) is 0.646. The summed E-state index contributed by atoms with van der Waals surface area (Å²) in [5.74, 6) is 0. The van der Waals surface area contributed by atoms with Crippen LogP contribution in [0, 0.1) is 0 Å². The first kappa shape index (κ1) is 8.18. The van der Waals surface area contributed by atoms with Crippen LogP contribution in [0.1, 0.15) is 0 Å². The van der Waals surface area contributed by atoms with E-state index in [0.717, 1.165) is 0 Å². The third kappa shape index (κ3) is 1.40. The van der Waals surface area contributed by atoms with Gasteiger partial charge in [-0.15, -0.1) is 0 Å². The zero-order chi connectivity index (χ0) is 9.31. The number of nitrogens with zero attached hydrogens (tertiary/aromatic N) is 3. The standard InChI is InChI=1S/C7H7N3O2S/c11-13(12)9-5-6-10(13)7-1-3-8-4-2-7/h1-5H,6H2. The summed E-state index contributed by atoms with van der Waals surface area (Å²) in [5.41, 5.74) is 0.590. The van der Waals surface area contributed by atoms with E-state index < -0.39 is 10.2 Å². The van der Waals surface area contributed by atoms with Crippen molar-refractivity contribution in [1.29, 1.82) is 0 Å². The maximum Gasteiger partial charge on any atom is 0.344 e. The van der Waals surface area contributed by atoms with Crippen molar-refractivity contribution in [3.8, 4) is 0 Å². The molecule has 1 aliphatic heterocycles. The van der Waals surface area contributed by atoms with Crippen molar-refractivity contribution >= 4 is 22.1 Å². The Labute approximate surface area is 75.9 Å². The molecule has 0 unspecified atom stereocenters. The third-order valence-electron chi connectivity index (χ3n) is 1.68. The molecule has 1 aromatic rings. The van der Waals surface area contributed by atoms with Gasteiger partial charge in [0.15, 0.2) is 0 Å². The SMILES string of the molecule is O=S1(=O)N=CCN1c1ccncc1. The number of anilines is 1. The van der Waals surface area contributed by atoms with Gasteiger partial charge >= 0.3 is 10.2 Å². The Balaban J connectivity index is 2.41. The molecule has 0 radical (unpaired) electrons. The summed E-state index contributed by atoms with van der Waals surface area (Å²) in [6.07, 6.45) is 4.46. The van der Waals surface area contributed by atoms with Crippen molar-refractivity contribution in [2.75, 3.05) is 10.8 Å². The minimum absolute atomic E-state index is 0.298. The van der Waals surface area contributed by atoms with E-state index in [-0.39, 0.29) is 0 Å². The summed E-state index contributed by atoms with van der Waals surface area (Å²) in [4.78, 5) is 3.80. The summed E-state index contributed by atoms with van der Waals surface area (Å²) in [7, 11) is -3.47. The Morgan fingerprint density at radius 3 is 2.54 bits per heavy atom. The summed E-state index contributed by atoms with van der Waals surface area (Å²) in [6, 6.07) is 3.26. The van der Waals surface area contributed by atoms with Crippen LogP contribution in [0.25, 0.3) is 0 Å². The van der Waals surface area contributed by atoms with Crippen molar-refractivity contribution in [2.24, 2.45) is 4.40 Å². The molecule has 1 aliphatic rings. The van der Waals surface area contributed by atoms with Crippen LogP contribution in [0.15, 0.2) is 28.9 Å². The zero-order valence-electron chi connectivity index (χ0n) is 6.66. The van der Waals surface area contributed by atoms with Crippen LogP contribution in [0.5, 0.6) is 0 Å². The van der Waals surface area contributed by atoms with Crippen LogP contribution in [0.2, 0.25) is 0 Å². The molecule has 1 aromatic heterocycles. The Hall–Kier alpha value is -1.43. The predicted molar refractivity (Wildman–Crippen MR) is 49.0 cm³/mol. The Morgan fingerprint density at radius 2 is 2.00 bits per heavy atom. The molecule has 6 heteroatoms. The van der Waals surface area contributed by atoms with E-state index in [2.05, 4.69) is 9.38 Å². The maximum atomic E-state index is 11.3. The van der Waals surface area contributed by atoms with Gasteiger partial charge in [0.2, 0.25) is 0 Å². The summed E-state index contributed by atoms with van der Waals surface area (Å²) in [5, 5.41) is 0. The fraction of sp³-hybridized carbons (Fsp3) is 0.143. The second kappa shape index (κ2) is 2.81. The molecule has 68 valence electrons. The fourth-order valence-corrected chi connectivity index (χ4v) is 2.11. The molecule has 0 amide bonds. The molecule has 0 saturated heterocycles. The predicted octanol–water partition coefficient (Wildman–Crippen LogP) is 0.217. The Kier molecular flexibility index (Phi) is 1.77. The van der Waals surface area contributed by atoms with Crippen LogP contribution in [-0.2, 0) is 10.2 Å². The van der Waals surface area contributed by atoms with E-state index in [1.165, 1.54) is 10.5 Å². The van der Waals surface area contributed by atoms with Gasteiger partial charge in [0.05, 0.1) is 12.2 Å². The van der Waals surface area contributed by atoms with Gasteiger partial charge in [-0.1, -0.05) is 0 Å². The third-order valence-corrected chi connectivity index (χ3v) is 3.02. The first-order chi connectivity index (χ1) is 6.20. The van der Waals surface area contributed by atoms with E-state index in [1.807, 2.05) is 0 Å². The Morgan fingerprint density at radius 1 is 1.31 bits per heavy atom. The van der Waals surface area contributed by atoms with E-state index in [9.17, 15) is 8.42 Å². The van der Waals surface area contributed by atoms with Crippen molar-refractivity contribution in [2.45, 2.75) is 0 Å². The molecule has 2 rings (SSSR count). The largest absolute Gasteiger partial charge is 0.344 e. The molecule has 2 heterocycles. The highest BCUT2D eigenvalue weighted by atomic mass is 32.2. The minimum atomic E-state index is -3.47. The van der Waals surface area contributed by atoms with Gasteiger partial charge < -0.3 is 0 Å². The average molecular weight is 197 g/mol. The average Bonchev–Trinajstić information content (AvgIpc) is 2.47. The van der Waals surface area contributed by atoms with E-state index in [1.54, 1.807) is 24.5 Å². The van der Waals surface area contributed by atoms with Gasteiger partial charge in [-0.25, -0.2) is 4.31 Å². The van der Waals surface area contributed by atoms with Gasteiger partial charge in [-0.2, -0.15) is 12.8 Å². The lowest BCUT2D eigenvalue weighted by molar-refractivity contribution is 0.597. The van der Waals surface area contributed by atoms with Crippen molar-refractivity contribution in [1.82, 2.24) is 4.98 Å². The molecule has 13 heavy (non-hydrogen) atoms. The molecule has 0 aromatic carbocycles. The van der Waals surface area contributed by atoms with Crippen molar-refractivity contribution < 1.29 is 8.42 Å². The molecule has 0 aliphatic carbocycles. The number of pyridine rings is 1. The van der Waals surface area contributed by atoms with Crippen LogP contribution in [0.4, 0.5) is 5.69 Å². The van der Waals surface area contributed by atoms with Gasteiger partial charge in [0.1, 0.15) is 0 Å². The molecule has 0 N–H and O–H groups in total. The van der Waals surface area contributed by atoms with Crippen LogP contribution in [0.3, 0.4) is 0 Å². The lowest BCUT2D eigenvalue weighted by Crippen LogP contribution is -2.25. The van der Waals surface area contributed by atoms with Gasteiger partial charge in [-0.05, 0) is 12.1 Å². The van der Waals surface area contributed by atoms with E-state index in [4.69, 9.17) is 0 Å². The van der Waals surface area contributed by atoms with E-state index >= 15 is 0 Å². The molecule has 0 spiro atoms. The number of aromatic nitrogens is 1. The molecule has 0 atom stereocenters. The first-order valence-corrected chi connectivity index (χ1v) is 5.06. The lowest BCUT2D eigenvalue weighted by Gasteiger charge is -2.13. The molecular weight excluding hydrogens is 190 g/mol. The second-order valence-electron chi connectivity index (χ2n) is 2.50. The zero-order valence-corrected chi connectivity index (χ0v) is 7.48. The second-order valence-corrected chi connectivity index (χ2v) is 4.05. The highest BCUT2D eigenvalue weighted by Crippen LogP contribution is 2.19. The molecule has 0 saturated carbocycles. The summed E-state index contributed by atoms with van der Waals surface area (Å²) >= 11 is 0. The summed E-state index contributed by atoms with van der Waals surface area (Å²) < 4.78 is 27.1. The van der Waals surface area contributed by atoms with Crippen LogP contribution >= 0.6 is 0 Å². The minimum Gasteiger partial charge on any atom is -0.265 e. The fourth-order valence-electron chi connectivity index (χ4n) is 1.10. The normalized spacial score (nSPS) is 19.2. The summed E-state index contributed by atoms with van der Waals surface area (Å²) in [6.45, 7) is 0.298.